The second-order valence-corrected chi connectivity index (χ2v) is 1.05. The Balaban J connectivity index is 4.21. The zero-order valence-electron chi connectivity index (χ0n) is 4.11. The molecule has 0 saturated heterocycles. The van der Waals surface area contributed by atoms with Gasteiger partial charge in [-0.2, -0.15) is 5.26 Å². The molecule has 0 rings (SSSR count). The summed E-state index contributed by atoms with van der Waals surface area (Å²) in [6.45, 7) is 0. The zero-order valence-corrected chi connectivity index (χ0v) is 4.11. The zero-order chi connectivity index (χ0) is 7.44. The topological polar surface area (TPSA) is 107 Å². The first-order valence-electron chi connectivity index (χ1n) is 1.76. The van der Waals surface area contributed by atoms with Crippen molar-refractivity contribution >= 4 is 5.97 Å². The van der Waals surface area contributed by atoms with Crippen molar-refractivity contribution in [2.45, 2.75) is 0 Å². The van der Waals surface area contributed by atoms with Gasteiger partial charge in [-0.1, -0.05) is 0 Å². The van der Waals surface area contributed by atoms with Crippen molar-refractivity contribution in [2.75, 3.05) is 0 Å². The van der Waals surface area contributed by atoms with Gasteiger partial charge in [-0.3, -0.25) is 4.89 Å². The Bertz CT molecular complexity index is 142. The highest BCUT2D eigenvalue weighted by molar-refractivity contribution is 5.85. The smallest absolute Gasteiger partial charge is 0.414 e. The molecule has 0 aliphatic heterocycles. The largest absolute Gasteiger partial charge is 0.497 e. The molecule has 0 aromatic heterocycles. The Morgan fingerprint density at radius 3 is 1.78 bits per heavy atom. The lowest BCUT2D eigenvalue weighted by molar-refractivity contribution is -0.232. The van der Waals surface area contributed by atoms with Gasteiger partial charge in [0.15, 0.2) is 0 Å². The van der Waals surface area contributed by atoms with Crippen LogP contribution in [0.2, 0.25) is 0 Å². The average Bonchev–Trinajstić information content (AvgIpc) is 1.84. The number of carbonyl (C=O) groups is 1. The van der Waals surface area contributed by atoms with Crippen LogP contribution in [-0.4, -0.2) is 26.5 Å². The summed E-state index contributed by atoms with van der Waals surface area (Å²) in [6, 6.07) is 0. The maximum Gasteiger partial charge on any atom is 0.414 e. The van der Waals surface area contributed by atoms with Crippen LogP contribution >= 0.6 is 0 Å². The molecule has 0 fully saturated rings. The van der Waals surface area contributed by atoms with E-state index in [1.165, 1.54) is 0 Å². The highest BCUT2D eigenvalue weighted by atomic mass is 17.1. The van der Waals surface area contributed by atoms with Crippen LogP contribution in [-0.2, 0) is 9.68 Å². The summed E-state index contributed by atoms with van der Waals surface area (Å²) in [7, 11) is 0. The SMILES string of the molecule is O=C(OO)C(O)=C(O)O. The molecule has 0 heterocycles. The van der Waals surface area contributed by atoms with E-state index in [9.17, 15) is 4.79 Å². The van der Waals surface area contributed by atoms with Crippen LogP contribution in [0, 0.1) is 0 Å². The highest BCUT2D eigenvalue weighted by Gasteiger charge is 2.14. The molecular weight excluding hydrogens is 132 g/mol. The monoisotopic (exact) mass is 136 g/mol. The van der Waals surface area contributed by atoms with Crippen molar-refractivity contribution in [3.63, 3.8) is 0 Å². The van der Waals surface area contributed by atoms with E-state index in [1.54, 1.807) is 0 Å². The second kappa shape index (κ2) is 2.78. The van der Waals surface area contributed by atoms with E-state index in [-0.39, 0.29) is 0 Å². The molecule has 0 aromatic rings. The molecular formula is C3H4O6. The van der Waals surface area contributed by atoms with E-state index in [4.69, 9.17) is 20.6 Å². The Morgan fingerprint density at radius 1 is 1.22 bits per heavy atom. The first-order valence-corrected chi connectivity index (χ1v) is 1.76. The van der Waals surface area contributed by atoms with Crippen molar-refractivity contribution in [3.05, 3.63) is 11.7 Å². The van der Waals surface area contributed by atoms with Crippen LogP contribution in [0.1, 0.15) is 0 Å². The predicted molar refractivity (Wildman–Crippen MR) is 23.6 cm³/mol. The van der Waals surface area contributed by atoms with Crippen molar-refractivity contribution in [2.24, 2.45) is 0 Å². The Hall–Kier alpha value is -1.43. The maximum absolute atomic E-state index is 9.85. The van der Waals surface area contributed by atoms with Crippen LogP contribution in [0.3, 0.4) is 0 Å². The molecule has 0 aromatic carbocycles. The highest BCUT2D eigenvalue weighted by Crippen LogP contribution is 1.94. The van der Waals surface area contributed by atoms with Gasteiger partial charge < -0.3 is 15.3 Å². The molecule has 0 spiro atoms. The number of aliphatic hydroxyl groups is 3. The number of rotatable bonds is 1. The quantitative estimate of drug-likeness (QED) is 0.173. The van der Waals surface area contributed by atoms with E-state index >= 15 is 0 Å². The molecule has 0 atom stereocenters. The fourth-order valence-electron chi connectivity index (χ4n) is 0.135. The third kappa shape index (κ3) is 1.87. The third-order valence-electron chi connectivity index (χ3n) is 0.488. The lowest BCUT2D eigenvalue weighted by Gasteiger charge is -1.92. The standard InChI is InChI=1S/C3H4O6/c4-1(2(5)6)3(7)9-8/h4-6,8H. The van der Waals surface area contributed by atoms with Crippen LogP contribution in [0.15, 0.2) is 11.7 Å². The van der Waals surface area contributed by atoms with Gasteiger partial charge in [-0.25, -0.2) is 4.79 Å². The Morgan fingerprint density at radius 2 is 1.67 bits per heavy atom. The molecule has 0 aliphatic carbocycles. The van der Waals surface area contributed by atoms with Gasteiger partial charge in [0.1, 0.15) is 0 Å². The van der Waals surface area contributed by atoms with Crippen LogP contribution in [0.5, 0.6) is 0 Å². The second-order valence-electron chi connectivity index (χ2n) is 1.05. The fraction of sp³-hybridized carbons (Fsp3) is 0. The summed E-state index contributed by atoms with van der Waals surface area (Å²) >= 11 is 0. The summed E-state index contributed by atoms with van der Waals surface area (Å²) in [5, 5.41) is 31.4. The van der Waals surface area contributed by atoms with E-state index in [1.807, 2.05) is 0 Å². The normalized spacial score (nSPS) is 8.11. The maximum atomic E-state index is 9.85. The first-order chi connectivity index (χ1) is 4.09. The average molecular weight is 136 g/mol. The van der Waals surface area contributed by atoms with Gasteiger partial charge in [-0.05, 0) is 0 Å². The molecule has 9 heavy (non-hydrogen) atoms. The minimum Gasteiger partial charge on any atom is -0.497 e. The molecule has 4 N–H and O–H groups in total. The molecule has 0 unspecified atom stereocenters. The van der Waals surface area contributed by atoms with E-state index in [0.29, 0.717) is 0 Å². The molecule has 0 saturated carbocycles. The van der Waals surface area contributed by atoms with Crippen LogP contribution in [0.4, 0.5) is 0 Å². The Kier molecular flexibility index (Phi) is 2.33. The van der Waals surface area contributed by atoms with Crippen LogP contribution < -0.4 is 0 Å². The summed E-state index contributed by atoms with van der Waals surface area (Å²) in [6.07, 6.45) is 0. The summed E-state index contributed by atoms with van der Waals surface area (Å²) in [4.78, 5) is 12.8. The summed E-state index contributed by atoms with van der Waals surface area (Å²) < 4.78 is 0. The van der Waals surface area contributed by atoms with Crippen molar-refractivity contribution in [1.82, 2.24) is 0 Å². The van der Waals surface area contributed by atoms with Crippen molar-refractivity contribution in [1.29, 1.82) is 0 Å². The van der Waals surface area contributed by atoms with Gasteiger partial charge in [0.25, 0.3) is 5.76 Å². The molecule has 6 heteroatoms. The summed E-state index contributed by atoms with van der Waals surface area (Å²) in [5.41, 5.74) is 0. The fourth-order valence-corrected chi connectivity index (χ4v) is 0.135. The minimum atomic E-state index is -1.63. The molecule has 0 bridgehead atoms. The summed E-state index contributed by atoms with van der Waals surface area (Å²) in [5.74, 6) is -4.68. The van der Waals surface area contributed by atoms with E-state index in [0.717, 1.165) is 0 Å². The van der Waals surface area contributed by atoms with E-state index in [2.05, 4.69) is 4.89 Å². The molecule has 0 aliphatic rings. The number of hydrogen-bond donors (Lipinski definition) is 4. The molecule has 0 amide bonds. The molecule has 52 valence electrons. The lowest BCUT2D eigenvalue weighted by atomic mass is 10.5. The van der Waals surface area contributed by atoms with Crippen molar-refractivity contribution in [3.8, 4) is 0 Å². The van der Waals surface area contributed by atoms with Crippen molar-refractivity contribution < 1.29 is 30.3 Å². The lowest BCUT2D eigenvalue weighted by Crippen LogP contribution is -2.07. The van der Waals surface area contributed by atoms with Gasteiger partial charge >= 0.3 is 11.9 Å². The van der Waals surface area contributed by atoms with Gasteiger partial charge in [0.05, 0.1) is 0 Å². The van der Waals surface area contributed by atoms with Gasteiger partial charge in [-0.15, -0.1) is 0 Å². The van der Waals surface area contributed by atoms with E-state index < -0.39 is 17.7 Å². The Labute approximate surface area is 49.2 Å². The van der Waals surface area contributed by atoms with Crippen LogP contribution in [0.25, 0.3) is 0 Å². The number of carbonyl (C=O) groups excluding carboxylic acids is 1. The number of aliphatic hydroxyl groups excluding tert-OH is 2. The number of hydrogen-bond acceptors (Lipinski definition) is 6. The third-order valence-corrected chi connectivity index (χ3v) is 0.488. The minimum absolute atomic E-state index is 1.45. The molecule has 6 nitrogen and oxygen atoms in total. The van der Waals surface area contributed by atoms with Gasteiger partial charge in [0, 0.05) is 0 Å². The predicted octanol–water partition coefficient (Wildman–Crippen LogP) is -0.154. The first kappa shape index (κ1) is 7.57. The molecule has 0 radical (unpaired) electrons. The van der Waals surface area contributed by atoms with Gasteiger partial charge in [0.2, 0.25) is 0 Å².